The Kier molecular flexibility index (Phi) is 6.41. The number of H-pyrrole nitrogens is 1. The summed E-state index contributed by atoms with van der Waals surface area (Å²) in [5.41, 5.74) is 3.91. The predicted molar refractivity (Wildman–Crippen MR) is 110 cm³/mol. The molecule has 1 heterocycles. The molecule has 0 aliphatic carbocycles. The first kappa shape index (κ1) is 19.9. The number of hydrogen-bond acceptors (Lipinski definition) is 8. The molecule has 9 nitrogen and oxygen atoms in total. The van der Waals surface area contributed by atoms with Crippen molar-refractivity contribution in [2.24, 2.45) is 5.10 Å². The minimum atomic E-state index is -0.367. The second kappa shape index (κ2) is 9.36. The molecular weight excluding hydrogens is 374 g/mol. The summed E-state index contributed by atoms with van der Waals surface area (Å²) in [7, 11) is 3.09. The molecule has 0 saturated carbocycles. The van der Waals surface area contributed by atoms with Crippen molar-refractivity contribution in [3.8, 4) is 28.5 Å². The molecular formula is C20H21N5O4. The van der Waals surface area contributed by atoms with Crippen molar-refractivity contribution in [3.63, 3.8) is 0 Å². The van der Waals surface area contributed by atoms with Crippen molar-refractivity contribution in [1.29, 1.82) is 0 Å². The standard InChI is InChI=1S/C20H21N5O4/c1-4-29-18-15(27-2)10-13(11-16(18)28-3)12-21-24-20-22-19(26)17(23-25-20)14-8-6-5-7-9-14/h5-12H,4H2,1-3H3,(H2,22,24,25,26)/b21-12+. The number of anilines is 1. The van der Waals surface area contributed by atoms with Crippen LogP contribution in [-0.2, 0) is 0 Å². The van der Waals surface area contributed by atoms with E-state index in [4.69, 9.17) is 14.2 Å². The van der Waals surface area contributed by atoms with Gasteiger partial charge in [-0.25, -0.2) is 5.43 Å². The Morgan fingerprint density at radius 3 is 2.38 bits per heavy atom. The fourth-order valence-electron chi connectivity index (χ4n) is 2.60. The molecule has 0 radical (unpaired) electrons. The number of rotatable bonds is 8. The molecule has 150 valence electrons. The Balaban J connectivity index is 1.78. The molecule has 3 rings (SSSR count). The highest BCUT2D eigenvalue weighted by Crippen LogP contribution is 2.38. The summed E-state index contributed by atoms with van der Waals surface area (Å²) in [4.78, 5) is 14.9. The Hall–Kier alpha value is -3.88. The fraction of sp³-hybridized carbons (Fsp3) is 0.200. The van der Waals surface area contributed by atoms with Crippen LogP contribution in [0.5, 0.6) is 17.2 Å². The van der Waals surface area contributed by atoms with Gasteiger partial charge in [-0.2, -0.15) is 5.10 Å². The van der Waals surface area contributed by atoms with Crippen molar-refractivity contribution in [2.75, 3.05) is 26.3 Å². The van der Waals surface area contributed by atoms with E-state index in [1.54, 1.807) is 38.5 Å². The van der Waals surface area contributed by atoms with E-state index in [2.05, 4.69) is 25.7 Å². The van der Waals surface area contributed by atoms with Crippen molar-refractivity contribution in [3.05, 3.63) is 58.4 Å². The third-order valence-corrected chi connectivity index (χ3v) is 3.90. The van der Waals surface area contributed by atoms with Crippen LogP contribution < -0.4 is 25.2 Å². The first-order valence-corrected chi connectivity index (χ1v) is 8.86. The second-order valence-corrected chi connectivity index (χ2v) is 5.77. The Bertz CT molecular complexity index is 1030. The average Bonchev–Trinajstić information content (AvgIpc) is 2.75. The average molecular weight is 395 g/mol. The SMILES string of the molecule is CCOc1c(OC)cc(/C=N/Nc2nnc(-c3ccccc3)c(=O)[nH]2)cc1OC. The molecule has 9 heteroatoms. The summed E-state index contributed by atoms with van der Waals surface area (Å²) in [6.45, 7) is 2.36. The van der Waals surface area contributed by atoms with Crippen LogP contribution in [0.2, 0.25) is 0 Å². The highest BCUT2D eigenvalue weighted by molar-refractivity contribution is 5.82. The van der Waals surface area contributed by atoms with Gasteiger partial charge in [0.05, 0.1) is 27.0 Å². The van der Waals surface area contributed by atoms with E-state index >= 15 is 0 Å². The zero-order chi connectivity index (χ0) is 20.6. The van der Waals surface area contributed by atoms with Crippen LogP contribution in [0.25, 0.3) is 11.3 Å². The first-order chi connectivity index (χ1) is 14.2. The largest absolute Gasteiger partial charge is 0.493 e. The Morgan fingerprint density at radius 1 is 1.10 bits per heavy atom. The number of hydrogen-bond donors (Lipinski definition) is 2. The first-order valence-electron chi connectivity index (χ1n) is 8.86. The molecule has 2 N–H and O–H groups in total. The molecule has 0 aliphatic rings. The van der Waals surface area contributed by atoms with Crippen molar-refractivity contribution >= 4 is 12.2 Å². The fourth-order valence-corrected chi connectivity index (χ4v) is 2.60. The number of aromatic nitrogens is 3. The topological polar surface area (TPSA) is 111 Å². The summed E-state index contributed by atoms with van der Waals surface area (Å²) in [6, 6.07) is 12.6. The third kappa shape index (κ3) is 4.70. The van der Waals surface area contributed by atoms with E-state index < -0.39 is 0 Å². The van der Waals surface area contributed by atoms with Gasteiger partial charge in [-0.05, 0) is 19.1 Å². The molecule has 29 heavy (non-hydrogen) atoms. The highest BCUT2D eigenvalue weighted by atomic mass is 16.5. The maximum absolute atomic E-state index is 12.2. The van der Waals surface area contributed by atoms with Gasteiger partial charge in [-0.3, -0.25) is 9.78 Å². The number of hydrazone groups is 1. The monoisotopic (exact) mass is 395 g/mol. The lowest BCUT2D eigenvalue weighted by molar-refractivity contribution is 0.288. The summed E-state index contributed by atoms with van der Waals surface area (Å²) < 4.78 is 16.3. The van der Waals surface area contributed by atoms with E-state index in [1.807, 2.05) is 25.1 Å². The van der Waals surface area contributed by atoms with Gasteiger partial charge in [0.25, 0.3) is 5.56 Å². The molecule has 0 atom stereocenters. The maximum atomic E-state index is 12.2. The van der Waals surface area contributed by atoms with Gasteiger partial charge in [-0.15, -0.1) is 10.2 Å². The summed E-state index contributed by atoms with van der Waals surface area (Å²) in [5, 5.41) is 12.0. The van der Waals surface area contributed by atoms with E-state index in [1.165, 1.54) is 6.21 Å². The molecule has 0 unspecified atom stereocenters. The number of nitrogens with one attached hydrogen (secondary N) is 2. The molecule has 0 aliphatic heterocycles. The van der Waals surface area contributed by atoms with Gasteiger partial charge < -0.3 is 14.2 Å². The number of methoxy groups -OCH3 is 2. The number of aromatic amines is 1. The van der Waals surface area contributed by atoms with E-state index in [0.29, 0.717) is 35.0 Å². The van der Waals surface area contributed by atoms with Crippen LogP contribution in [0, 0.1) is 0 Å². The van der Waals surface area contributed by atoms with Gasteiger partial charge in [-0.1, -0.05) is 30.3 Å². The lowest BCUT2D eigenvalue weighted by Gasteiger charge is -2.14. The van der Waals surface area contributed by atoms with Crippen molar-refractivity contribution < 1.29 is 14.2 Å². The van der Waals surface area contributed by atoms with Crippen LogP contribution in [-0.4, -0.2) is 42.2 Å². The Labute approximate surface area is 167 Å². The van der Waals surface area contributed by atoms with Crippen molar-refractivity contribution in [2.45, 2.75) is 6.92 Å². The third-order valence-electron chi connectivity index (χ3n) is 3.90. The normalized spacial score (nSPS) is 10.7. The van der Waals surface area contributed by atoms with Gasteiger partial charge in [0.15, 0.2) is 17.2 Å². The maximum Gasteiger partial charge on any atom is 0.279 e. The van der Waals surface area contributed by atoms with Gasteiger partial charge in [0, 0.05) is 11.1 Å². The molecule has 0 fully saturated rings. The van der Waals surface area contributed by atoms with Crippen LogP contribution in [0.3, 0.4) is 0 Å². The molecule has 3 aromatic rings. The van der Waals surface area contributed by atoms with Gasteiger partial charge in [0.1, 0.15) is 0 Å². The van der Waals surface area contributed by atoms with Crippen LogP contribution in [0.4, 0.5) is 5.95 Å². The van der Waals surface area contributed by atoms with E-state index in [0.717, 1.165) is 0 Å². The molecule has 1 aromatic heterocycles. The highest BCUT2D eigenvalue weighted by Gasteiger charge is 2.13. The van der Waals surface area contributed by atoms with Crippen LogP contribution in [0.1, 0.15) is 12.5 Å². The summed E-state index contributed by atoms with van der Waals surface area (Å²) in [6.07, 6.45) is 1.53. The zero-order valence-corrected chi connectivity index (χ0v) is 16.3. The summed E-state index contributed by atoms with van der Waals surface area (Å²) >= 11 is 0. The number of benzene rings is 2. The van der Waals surface area contributed by atoms with Crippen LogP contribution >= 0.6 is 0 Å². The van der Waals surface area contributed by atoms with E-state index in [-0.39, 0.29) is 17.2 Å². The van der Waals surface area contributed by atoms with Gasteiger partial charge in [0.2, 0.25) is 11.7 Å². The lowest BCUT2D eigenvalue weighted by atomic mass is 10.2. The number of ether oxygens (including phenoxy) is 3. The number of nitrogens with zero attached hydrogens (tertiary/aromatic N) is 3. The molecule has 0 bridgehead atoms. The molecule has 2 aromatic carbocycles. The summed E-state index contributed by atoms with van der Waals surface area (Å²) in [5.74, 6) is 1.69. The second-order valence-electron chi connectivity index (χ2n) is 5.77. The quantitative estimate of drug-likeness (QED) is 0.446. The minimum absolute atomic E-state index is 0.121. The smallest absolute Gasteiger partial charge is 0.279 e. The van der Waals surface area contributed by atoms with E-state index in [9.17, 15) is 4.79 Å². The lowest BCUT2D eigenvalue weighted by Crippen LogP contribution is -2.15. The van der Waals surface area contributed by atoms with Gasteiger partial charge >= 0.3 is 0 Å². The minimum Gasteiger partial charge on any atom is -0.493 e. The van der Waals surface area contributed by atoms with Crippen LogP contribution in [0.15, 0.2) is 52.4 Å². The Morgan fingerprint density at radius 2 is 1.79 bits per heavy atom. The molecule has 0 spiro atoms. The van der Waals surface area contributed by atoms with Crippen molar-refractivity contribution in [1.82, 2.24) is 15.2 Å². The zero-order valence-electron chi connectivity index (χ0n) is 16.3. The molecule has 0 amide bonds. The predicted octanol–water partition coefficient (Wildman–Crippen LogP) is 2.69. The molecule has 0 saturated heterocycles.